The summed E-state index contributed by atoms with van der Waals surface area (Å²) in [4.78, 5) is 0. The molecule has 60 heavy (non-hydrogen) atoms. The highest BCUT2D eigenvalue weighted by Gasteiger charge is 2.38. The molecule has 0 bridgehead atoms. The van der Waals surface area contributed by atoms with Crippen LogP contribution >= 0.6 is 0 Å². The summed E-state index contributed by atoms with van der Waals surface area (Å²) in [6.45, 7) is 9.52. The summed E-state index contributed by atoms with van der Waals surface area (Å²) in [5.41, 5.74) is 20.9. The first kappa shape index (κ1) is 35.0. The maximum Gasteiger partial charge on any atom is 0.0159 e. The van der Waals surface area contributed by atoms with Crippen LogP contribution in [0.5, 0.6) is 0 Å². The second-order valence-electron chi connectivity index (χ2n) is 18.0. The van der Waals surface area contributed by atoms with E-state index >= 15 is 0 Å². The van der Waals surface area contributed by atoms with E-state index in [4.69, 9.17) is 0 Å². The van der Waals surface area contributed by atoms with Gasteiger partial charge in [-0.05, 0) is 140 Å². The molecule has 0 heteroatoms. The van der Waals surface area contributed by atoms with Gasteiger partial charge in [0.15, 0.2) is 0 Å². The number of rotatable bonds is 4. The van der Waals surface area contributed by atoms with Crippen molar-refractivity contribution >= 4 is 32.3 Å². The Labute approximate surface area is 352 Å². The lowest BCUT2D eigenvalue weighted by Crippen LogP contribution is -2.14. The molecule has 12 rings (SSSR count). The van der Waals surface area contributed by atoms with E-state index in [2.05, 4.69) is 222 Å². The predicted molar refractivity (Wildman–Crippen MR) is 256 cm³/mol. The number of hydrogen-bond donors (Lipinski definition) is 0. The molecule has 2 aliphatic rings. The zero-order valence-electron chi connectivity index (χ0n) is 34.5. The Balaban J connectivity index is 1.15. The third kappa shape index (κ3) is 4.91. The van der Waals surface area contributed by atoms with Crippen LogP contribution in [0.15, 0.2) is 194 Å². The fourth-order valence-corrected chi connectivity index (χ4v) is 11.1. The smallest absolute Gasteiger partial charge is 0.0159 e. The Morgan fingerprint density at radius 3 is 1.60 bits per heavy atom. The number of hydrogen-bond acceptors (Lipinski definition) is 0. The van der Waals surface area contributed by atoms with Gasteiger partial charge in [0.05, 0.1) is 0 Å². The molecule has 10 aromatic carbocycles. The summed E-state index contributed by atoms with van der Waals surface area (Å²) < 4.78 is 0. The third-order valence-electron chi connectivity index (χ3n) is 14.1. The minimum Gasteiger partial charge on any atom is -0.0619 e. The minimum atomic E-state index is -0.102. The highest BCUT2D eigenvalue weighted by Crippen LogP contribution is 2.55. The van der Waals surface area contributed by atoms with Gasteiger partial charge in [-0.15, -0.1) is 0 Å². The van der Waals surface area contributed by atoms with Gasteiger partial charge in [-0.25, -0.2) is 0 Å². The summed E-state index contributed by atoms with van der Waals surface area (Å²) in [5, 5.41) is 7.60. The maximum absolute atomic E-state index is 2.50. The molecule has 0 atom stereocenters. The molecule has 0 saturated carbocycles. The summed E-state index contributed by atoms with van der Waals surface area (Å²) in [6.07, 6.45) is 0. The zero-order valence-corrected chi connectivity index (χ0v) is 34.5. The van der Waals surface area contributed by atoms with Crippen molar-refractivity contribution in [2.75, 3.05) is 0 Å². The monoisotopic (exact) mass is 764 g/mol. The molecule has 0 radical (unpaired) electrons. The van der Waals surface area contributed by atoms with Crippen molar-refractivity contribution in [1.29, 1.82) is 0 Å². The van der Waals surface area contributed by atoms with Crippen molar-refractivity contribution in [3.8, 4) is 66.8 Å². The van der Waals surface area contributed by atoms with E-state index < -0.39 is 0 Å². The highest BCUT2D eigenvalue weighted by molar-refractivity contribution is 6.23. The molecule has 0 heterocycles. The van der Waals surface area contributed by atoms with Crippen LogP contribution in [-0.2, 0) is 10.8 Å². The van der Waals surface area contributed by atoms with Crippen molar-refractivity contribution in [3.05, 3.63) is 216 Å². The van der Waals surface area contributed by atoms with Gasteiger partial charge in [-0.1, -0.05) is 204 Å². The Morgan fingerprint density at radius 2 is 0.767 bits per heavy atom. The molecule has 0 nitrogen and oxygen atoms in total. The Bertz CT molecular complexity index is 3420. The summed E-state index contributed by atoms with van der Waals surface area (Å²) in [7, 11) is 0. The number of fused-ring (bicyclic) bond motifs is 9. The third-order valence-corrected chi connectivity index (χ3v) is 14.1. The summed E-state index contributed by atoms with van der Waals surface area (Å²) in [6, 6.07) is 73.2. The SMILES string of the molecule is CC1(C)c2ccccc2-c2ccc(-c3ccc4c(-c5cccc(-c6cccc7ccccc67)c5)c5ccccc5c(-c5cccc6c5-c5ccccc5C6(C)C)c4c3)cc21. The van der Waals surface area contributed by atoms with Crippen LogP contribution in [0.1, 0.15) is 49.9 Å². The lowest BCUT2D eigenvalue weighted by molar-refractivity contribution is 0.660. The van der Waals surface area contributed by atoms with Gasteiger partial charge >= 0.3 is 0 Å². The first-order chi connectivity index (χ1) is 29.3. The van der Waals surface area contributed by atoms with Gasteiger partial charge in [0.25, 0.3) is 0 Å². The molecule has 0 fully saturated rings. The van der Waals surface area contributed by atoms with Crippen LogP contribution in [0.3, 0.4) is 0 Å². The molecule has 0 amide bonds. The molecule has 0 unspecified atom stereocenters. The lowest BCUT2D eigenvalue weighted by Gasteiger charge is -2.23. The van der Waals surface area contributed by atoms with E-state index in [1.165, 1.54) is 121 Å². The normalized spacial score (nSPS) is 14.3. The maximum atomic E-state index is 2.50. The van der Waals surface area contributed by atoms with E-state index in [1.54, 1.807) is 0 Å². The Hall–Kier alpha value is -7.02. The van der Waals surface area contributed by atoms with E-state index in [0.717, 1.165) is 0 Å². The first-order valence-electron chi connectivity index (χ1n) is 21.3. The van der Waals surface area contributed by atoms with E-state index in [1.807, 2.05) is 0 Å². The average Bonchev–Trinajstić information content (AvgIpc) is 3.67. The molecule has 0 N–H and O–H groups in total. The van der Waals surface area contributed by atoms with Gasteiger partial charge in [0.2, 0.25) is 0 Å². The fraction of sp³-hybridized carbons (Fsp3) is 0.100. The molecule has 284 valence electrons. The van der Waals surface area contributed by atoms with Crippen LogP contribution in [-0.4, -0.2) is 0 Å². The van der Waals surface area contributed by atoms with Crippen LogP contribution in [0.4, 0.5) is 0 Å². The van der Waals surface area contributed by atoms with Gasteiger partial charge in [-0.3, -0.25) is 0 Å². The summed E-state index contributed by atoms with van der Waals surface area (Å²) >= 11 is 0. The molecular formula is C60H44. The van der Waals surface area contributed by atoms with Crippen molar-refractivity contribution in [2.24, 2.45) is 0 Å². The molecule has 10 aromatic rings. The van der Waals surface area contributed by atoms with Gasteiger partial charge in [-0.2, -0.15) is 0 Å². The Morgan fingerprint density at radius 1 is 0.250 bits per heavy atom. The van der Waals surface area contributed by atoms with Crippen molar-refractivity contribution in [2.45, 2.75) is 38.5 Å². The second-order valence-corrected chi connectivity index (χ2v) is 18.0. The molecule has 0 aromatic heterocycles. The van der Waals surface area contributed by atoms with Crippen molar-refractivity contribution in [3.63, 3.8) is 0 Å². The van der Waals surface area contributed by atoms with Gasteiger partial charge < -0.3 is 0 Å². The first-order valence-corrected chi connectivity index (χ1v) is 21.3. The van der Waals surface area contributed by atoms with E-state index in [9.17, 15) is 0 Å². The average molecular weight is 765 g/mol. The van der Waals surface area contributed by atoms with Gasteiger partial charge in [0.1, 0.15) is 0 Å². The van der Waals surface area contributed by atoms with E-state index in [-0.39, 0.29) is 10.8 Å². The fourth-order valence-electron chi connectivity index (χ4n) is 11.1. The van der Waals surface area contributed by atoms with Crippen LogP contribution in [0, 0.1) is 0 Å². The van der Waals surface area contributed by atoms with Crippen LogP contribution < -0.4 is 0 Å². The van der Waals surface area contributed by atoms with Gasteiger partial charge in [0, 0.05) is 10.8 Å². The molecule has 0 saturated heterocycles. The minimum absolute atomic E-state index is 0.0762. The quantitative estimate of drug-likeness (QED) is 0.157. The van der Waals surface area contributed by atoms with Crippen LogP contribution in [0.25, 0.3) is 99.1 Å². The van der Waals surface area contributed by atoms with Crippen molar-refractivity contribution < 1.29 is 0 Å². The largest absolute Gasteiger partial charge is 0.0619 e. The Kier molecular flexibility index (Phi) is 7.42. The molecular weight excluding hydrogens is 721 g/mol. The second kappa shape index (κ2) is 12.7. The topological polar surface area (TPSA) is 0 Å². The lowest BCUT2D eigenvalue weighted by atomic mass is 9.80. The molecule has 0 spiro atoms. The zero-order chi connectivity index (χ0) is 40.3. The standard InChI is InChI=1S/C60H44/c1-59(2)53-28-12-10-24-49(53)58-50(26-15-29-54(58)59)57-47-23-8-7-22-46(47)56(41-19-13-18-40(34-41)43-25-14-17-37-16-5-6-20-42(37)43)48-33-31-38(35-51(48)57)39-30-32-45-44-21-9-11-27-52(44)60(3,4)55(45)36-39/h5-36H,1-4H3. The molecule has 0 aliphatic heterocycles. The highest BCUT2D eigenvalue weighted by atomic mass is 14.4. The van der Waals surface area contributed by atoms with E-state index in [0.29, 0.717) is 0 Å². The summed E-state index contributed by atoms with van der Waals surface area (Å²) in [5.74, 6) is 0. The van der Waals surface area contributed by atoms with Crippen LogP contribution in [0.2, 0.25) is 0 Å². The predicted octanol–water partition coefficient (Wildman–Crippen LogP) is 16.4. The molecule has 2 aliphatic carbocycles. The number of benzene rings is 10. The van der Waals surface area contributed by atoms with Crippen molar-refractivity contribution in [1.82, 2.24) is 0 Å².